The average molecular weight is 318 g/mol. The summed E-state index contributed by atoms with van der Waals surface area (Å²) in [6, 6.07) is 8.83. The molecule has 4 heteroatoms. The fourth-order valence-electron chi connectivity index (χ4n) is 3.08. The molecule has 0 atom stereocenters. The van der Waals surface area contributed by atoms with E-state index < -0.39 is 5.60 Å². The van der Waals surface area contributed by atoms with Crippen LogP contribution in [-0.4, -0.2) is 34.6 Å². The number of hydrogen-bond donors (Lipinski definition) is 2. The van der Waals surface area contributed by atoms with Gasteiger partial charge in [-0.1, -0.05) is 37.1 Å². The highest BCUT2D eigenvalue weighted by atomic mass is 16.3. The summed E-state index contributed by atoms with van der Waals surface area (Å²) in [6.07, 6.45) is 3.77. The van der Waals surface area contributed by atoms with E-state index in [9.17, 15) is 9.90 Å². The molecule has 0 spiro atoms. The molecule has 0 saturated heterocycles. The molecule has 128 valence electrons. The zero-order valence-corrected chi connectivity index (χ0v) is 14.6. The van der Waals surface area contributed by atoms with Crippen LogP contribution in [0, 0.1) is 0 Å². The lowest BCUT2D eigenvalue weighted by molar-refractivity contribution is -0.126. The van der Waals surface area contributed by atoms with Gasteiger partial charge in [-0.15, -0.1) is 0 Å². The topological polar surface area (TPSA) is 52.6 Å². The second-order valence-corrected chi connectivity index (χ2v) is 7.21. The number of carbonyl (C=O) groups excluding carboxylic acids is 1. The van der Waals surface area contributed by atoms with Crippen molar-refractivity contribution >= 4 is 5.91 Å². The van der Waals surface area contributed by atoms with E-state index in [-0.39, 0.29) is 12.3 Å². The number of carbonyl (C=O) groups is 1. The van der Waals surface area contributed by atoms with E-state index in [0.29, 0.717) is 12.6 Å². The normalized spacial score (nSPS) is 17.0. The predicted molar refractivity (Wildman–Crippen MR) is 92.9 cm³/mol. The third kappa shape index (κ3) is 5.63. The van der Waals surface area contributed by atoms with E-state index in [4.69, 9.17) is 0 Å². The smallest absolute Gasteiger partial charge is 0.223 e. The van der Waals surface area contributed by atoms with Crippen LogP contribution in [0.2, 0.25) is 0 Å². The Balaban J connectivity index is 1.84. The summed E-state index contributed by atoms with van der Waals surface area (Å²) >= 11 is 0. The van der Waals surface area contributed by atoms with Crippen LogP contribution in [0.5, 0.6) is 0 Å². The van der Waals surface area contributed by atoms with Crippen molar-refractivity contribution in [3.63, 3.8) is 0 Å². The van der Waals surface area contributed by atoms with E-state index in [0.717, 1.165) is 37.8 Å². The van der Waals surface area contributed by atoms with Crippen molar-refractivity contribution in [3.05, 3.63) is 35.4 Å². The molecule has 1 saturated carbocycles. The SMILES string of the molecule is CC(C)N(C)Cc1cccc(CNC(=O)CC2(O)CCCC2)c1. The van der Waals surface area contributed by atoms with Gasteiger partial charge >= 0.3 is 0 Å². The second-order valence-electron chi connectivity index (χ2n) is 7.21. The molecule has 1 fully saturated rings. The Hall–Kier alpha value is -1.39. The first-order valence-corrected chi connectivity index (χ1v) is 8.65. The summed E-state index contributed by atoms with van der Waals surface area (Å²) < 4.78 is 0. The van der Waals surface area contributed by atoms with Crippen molar-refractivity contribution in [3.8, 4) is 0 Å². The van der Waals surface area contributed by atoms with Gasteiger partial charge < -0.3 is 10.4 Å². The van der Waals surface area contributed by atoms with Gasteiger partial charge in [0, 0.05) is 19.1 Å². The van der Waals surface area contributed by atoms with Gasteiger partial charge in [0.25, 0.3) is 0 Å². The van der Waals surface area contributed by atoms with Gasteiger partial charge in [0.1, 0.15) is 0 Å². The maximum Gasteiger partial charge on any atom is 0.223 e. The van der Waals surface area contributed by atoms with Crippen molar-refractivity contribution in [2.45, 2.75) is 70.7 Å². The monoisotopic (exact) mass is 318 g/mol. The van der Waals surface area contributed by atoms with Crippen molar-refractivity contribution in [1.29, 1.82) is 0 Å². The molecule has 1 aromatic rings. The molecule has 0 aliphatic heterocycles. The van der Waals surface area contributed by atoms with Gasteiger partial charge in [0.15, 0.2) is 0 Å². The van der Waals surface area contributed by atoms with Crippen molar-refractivity contribution in [1.82, 2.24) is 10.2 Å². The number of rotatable bonds is 7. The third-order valence-electron chi connectivity index (χ3n) is 4.82. The first-order valence-electron chi connectivity index (χ1n) is 8.65. The molecular weight excluding hydrogens is 288 g/mol. The predicted octanol–water partition coefficient (Wildman–Crippen LogP) is 2.84. The van der Waals surface area contributed by atoms with Crippen LogP contribution in [0.25, 0.3) is 0 Å². The first kappa shape index (κ1) is 18.0. The van der Waals surface area contributed by atoms with E-state index >= 15 is 0 Å². The minimum absolute atomic E-state index is 0.0564. The van der Waals surface area contributed by atoms with Gasteiger partial charge in [0.05, 0.1) is 12.0 Å². The number of nitrogens with zero attached hydrogens (tertiary/aromatic N) is 1. The fourth-order valence-corrected chi connectivity index (χ4v) is 3.08. The average Bonchev–Trinajstić information content (AvgIpc) is 2.91. The number of nitrogens with one attached hydrogen (secondary N) is 1. The van der Waals surface area contributed by atoms with E-state index in [1.165, 1.54) is 5.56 Å². The van der Waals surface area contributed by atoms with Crippen LogP contribution >= 0.6 is 0 Å². The van der Waals surface area contributed by atoms with Crippen molar-refractivity contribution in [2.24, 2.45) is 0 Å². The maximum atomic E-state index is 12.1. The lowest BCUT2D eigenvalue weighted by atomic mass is 9.97. The minimum atomic E-state index is -0.772. The molecule has 0 heterocycles. The Kier molecular flexibility index (Phi) is 6.19. The van der Waals surface area contributed by atoms with E-state index in [2.05, 4.69) is 43.2 Å². The molecule has 0 unspecified atom stereocenters. The Morgan fingerprint density at radius 3 is 2.61 bits per heavy atom. The first-order chi connectivity index (χ1) is 10.9. The highest BCUT2D eigenvalue weighted by molar-refractivity contribution is 5.77. The molecule has 23 heavy (non-hydrogen) atoms. The molecule has 0 radical (unpaired) electrons. The Bertz CT molecular complexity index is 522. The molecule has 0 aromatic heterocycles. The van der Waals surface area contributed by atoms with E-state index in [1.807, 2.05) is 12.1 Å². The maximum absolute atomic E-state index is 12.1. The molecule has 2 N–H and O–H groups in total. The quantitative estimate of drug-likeness (QED) is 0.813. The zero-order valence-electron chi connectivity index (χ0n) is 14.6. The van der Waals surface area contributed by atoms with Crippen LogP contribution in [0.1, 0.15) is 57.1 Å². The Morgan fingerprint density at radius 2 is 1.96 bits per heavy atom. The summed E-state index contributed by atoms with van der Waals surface area (Å²) in [7, 11) is 2.11. The van der Waals surface area contributed by atoms with Crippen LogP contribution < -0.4 is 5.32 Å². The summed E-state index contributed by atoms with van der Waals surface area (Å²) in [6.45, 7) is 5.78. The molecule has 1 aliphatic carbocycles. The Morgan fingerprint density at radius 1 is 1.30 bits per heavy atom. The highest BCUT2D eigenvalue weighted by Gasteiger charge is 2.33. The summed E-state index contributed by atoms with van der Waals surface area (Å²) in [5.74, 6) is -0.0564. The second kappa shape index (κ2) is 7.93. The van der Waals surface area contributed by atoms with Gasteiger partial charge in [-0.05, 0) is 44.9 Å². The largest absolute Gasteiger partial charge is 0.389 e. The van der Waals surface area contributed by atoms with Crippen molar-refractivity contribution in [2.75, 3.05) is 7.05 Å². The van der Waals surface area contributed by atoms with Crippen molar-refractivity contribution < 1.29 is 9.90 Å². The molecular formula is C19H30N2O2. The van der Waals surface area contributed by atoms with Crippen LogP contribution in [0.3, 0.4) is 0 Å². The van der Waals surface area contributed by atoms with Crippen LogP contribution in [0.15, 0.2) is 24.3 Å². The standard InChI is InChI=1S/C19H30N2O2/c1-15(2)21(3)14-17-8-6-7-16(11-17)13-20-18(22)12-19(23)9-4-5-10-19/h6-8,11,15,23H,4-5,9-10,12-14H2,1-3H3,(H,20,22). The minimum Gasteiger partial charge on any atom is -0.389 e. The van der Waals surface area contributed by atoms with Gasteiger partial charge in [-0.25, -0.2) is 0 Å². The molecule has 2 rings (SSSR count). The lowest BCUT2D eigenvalue weighted by Gasteiger charge is -2.22. The van der Waals surface area contributed by atoms with Crippen LogP contribution in [0.4, 0.5) is 0 Å². The fraction of sp³-hybridized carbons (Fsp3) is 0.632. The third-order valence-corrected chi connectivity index (χ3v) is 4.82. The molecule has 1 aromatic carbocycles. The molecule has 1 aliphatic rings. The number of hydrogen-bond acceptors (Lipinski definition) is 3. The summed E-state index contributed by atoms with van der Waals surface area (Å²) in [5, 5.41) is 13.2. The van der Waals surface area contributed by atoms with Gasteiger partial charge in [-0.3, -0.25) is 9.69 Å². The molecule has 0 bridgehead atoms. The zero-order chi connectivity index (χ0) is 16.9. The van der Waals surface area contributed by atoms with Crippen LogP contribution in [-0.2, 0) is 17.9 Å². The summed E-state index contributed by atoms with van der Waals surface area (Å²) in [4.78, 5) is 14.3. The lowest BCUT2D eigenvalue weighted by Crippen LogP contribution is -2.34. The van der Waals surface area contributed by atoms with Gasteiger partial charge in [0.2, 0.25) is 5.91 Å². The Labute approximate surface area is 139 Å². The molecule has 4 nitrogen and oxygen atoms in total. The number of aliphatic hydroxyl groups is 1. The number of benzene rings is 1. The summed E-state index contributed by atoms with van der Waals surface area (Å²) in [5.41, 5.74) is 1.58. The number of amides is 1. The van der Waals surface area contributed by atoms with E-state index in [1.54, 1.807) is 0 Å². The molecule has 1 amide bonds. The highest BCUT2D eigenvalue weighted by Crippen LogP contribution is 2.32. The van der Waals surface area contributed by atoms with Gasteiger partial charge in [-0.2, -0.15) is 0 Å².